The Kier molecular flexibility index (Phi) is 10.1. The van der Waals surface area contributed by atoms with Crippen LogP contribution in [0.2, 0.25) is 0 Å². The summed E-state index contributed by atoms with van der Waals surface area (Å²) in [6, 6.07) is 7.01. The number of ether oxygens (including phenoxy) is 1. The Bertz CT molecular complexity index is 1380. The summed E-state index contributed by atoms with van der Waals surface area (Å²) >= 11 is 0. The number of carbonyl (C=O) groups excluding carboxylic acids is 3. The minimum atomic E-state index is -0.218. The summed E-state index contributed by atoms with van der Waals surface area (Å²) in [4.78, 5) is 40.0. The van der Waals surface area contributed by atoms with Gasteiger partial charge in [-0.3, -0.25) is 14.5 Å². The number of imide groups is 1. The molecule has 1 aliphatic heterocycles. The van der Waals surface area contributed by atoms with Crippen molar-refractivity contribution < 1.29 is 23.6 Å². The molecule has 8 atom stereocenters. The first kappa shape index (κ1) is 35.4. The summed E-state index contributed by atoms with van der Waals surface area (Å²) in [5.41, 5.74) is 3.27. The predicted molar refractivity (Wildman–Crippen MR) is 191 cm³/mol. The van der Waals surface area contributed by atoms with Crippen LogP contribution in [0.3, 0.4) is 0 Å². The highest BCUT2D eigenvalue weighted by Gasteiger charge is 2.59. The van der Waals surface area contributed by atoms with Crippen molar-refractivity contribution in [1.29, 1.82) is 0 Å². The lowest BCUT2D eigenvalue weighted by Crippen LogP contribution is -2.51. The van der Waals surface area contributed by atoms with Gasteiger partial charge in [0.1, 0.15) is 6.10 Å². The fourth-order valence-electron chi connectivity index (χ4n) is 11.5. The van der Waals surface area contributed by atoms with Crippen LogP contribution in [0.25, 0.3) is 0 Å². The van der Waals surface area contributed by atoms with E-state index in [1.165, 1.54) is 56.3 Å². The van der Waals surface area contributed by atoms with Crippen LogP contribution in [-0.4, -0.2) is 67.0 Å². The minimum absolute atomic E-state index is 0.0388. The summed E-state index contributed by atoms with van der Waals surface area (Å²) in [5.74, 6) is 4.38. The highest BCUT2D eigenvalue weighted by atomic mass is 16.5. The number of fused-ring (bicyclic) bond motifs is 6. The molecule has 6 rings (SSSR count). The van der Waals surface area contributed by atoms with Crippen molar-refractivity contribution in [3.05, 3.63) is 47.0 Å². The van der Waals surface area contributed by atoms with Gasteiger partial charge in [-0.1, -0.05) is 77.7 Å². The molecular weight excluding hydrogens is 596 g/mol. The number of hydrogen-bond acceptors (Lipinski definition) is 4. The maximum Gasteiger partial charge on any atom is 0.362 e. The molecule has 0 spiro atoms. The molecule has 0 aromatic heterocycles. The zero-order chi connectivity index (χ0) is 34.4. The molecule has 5 aliphatic rings. The van der Waals surface area contributed by atoms with Gasteiger partial charge in [0.2, 0.25) is 0 Å². The first-order chi connectivity index (χ1) is 22.7. The third-order valence-corrected chi connectivity index (χ3v) is 14.1. The molecule has 6 heteroatoms. The zero-order valence-corrected chi connectivity index (χ0v) is 31.1. The molecular formula is C42H63N2O4+. The molecule has 1 heterocycles. The number of carbonyl (C=O) groups is 3. The highest BCUT2D eigenvalue weighted by molar-refractivity contribution is 6.21. The topological polar surface area (TPSA) is 63.7 Å². The Morgan fingerprint density at radius 3 is 2.33 bits per heavy atom. The smallest absolute Gasteiger partial charge is 0.362 e. The van der Waals surface area contributed by atoms with E-state index in [0.717, 1.165) is 54.8 Å². The van der Waals surface area contributed by atoms with Crippen molar-refractivity contribution >= 4 is 17.8 Å². The van der Waals surface area contributed by atoms with Gasteiger partial charge in [-0.2, -0.15) is 0 Å². The number of allylic oxidation sites excluding steroid dienone is 1. The van der Waals surface area contributed by atoms with E-state index in [0.29, 0.717) is 40.5 Å². The van der Waals surface area contributed by atoms with E-state index in [1.54, 1.807) is 29.8 Å². The molecule has 0 unspecified atom stereocenters. The number of likely N-dealkylation sites (N-methyl/N-ethyl adjacent to an activating group) is 1. The average Bonchev–Trinajstić information content (AvgIpc) is 3.50. The van der Waals surface area contributed by atoms with Crippen molar-refractivity contribution in [2.75, 3.05) is 33.7 Å². The number of quaternary nitrogens is 1. The summed E-state index contributed by atoms with van der Waals surface area (Å²) in [7, 11) is 4.06. The molecule has 1 aromatic rings. The lowest BCUT2D eigenvalue weighted by Gasteiger charge is -2.58. The van der Waals surface area contributed by atoms with Gasteiger partial charge in [-0.15, -0.1) is 0 Å². The maximum absolute atomic E-state index is 13.2. The number of benzene rings is 1. The normalized spacial score (nSPS) is 33.5. The lowest BCUT2D eigenvalue weighted by atomic mass is 9.47. The van der Waals surface area contributed by atoms with Gasteiger partial charge < -0.3 is 9.22 Å². The summed E-state index contributed by atoms with van der Waals surface area (Å²) in [5, 5.41) is 0. The Labute approximate surface area is 290 Å². The molecule has 0 saturated heterocycles. The molecule has 0 radical (unpaired) electrons. The number of amides is 2. The minimum Gasteiger partial charge on any atom is -0.458 e. The van der Waals surface area contributed by atoms with Crippen LogP contribution in [0.15, 0.2) is 35.9 Å². The molecule has 2 amide bonds. The Balaban J connectivity index is 0.997. The van der Waals surface area contributed by atoms with Crippen molar-refractivity contribution in [2.24, 2.45) is 46.3 Å². The largest absolute Gasteiger partial charge is 0.458 e. The monoisotopic (exact) mass is 659 g/mol. The van der Waals surface area contributed by atoms with Crippen LogP contribution >= 0.6 is 0 Å². The molecule has 3 fully saturated rings. The van der Waals surface area contributed by atoms with E-state index in [9.17, 15) is 14.4 Å². The predicted octanol–water partition coefficient (Wildman–Crippen LogP) is 8.70. The first-order valence-corrected chi connectivity index (χ1v) is 19.4. The van der Waals surface area contributed by atoms with Gasteiger partial charge >= 0.3 is 5.97 Å². The van der Waals surface area contributed by atoms with Crippen molar-refractivity contribution in [2.45, 2.75) is 118 Å². The van der Waals surface area contributed by atoms with E-state index in [4.69, 9.17) is 4.74 Å². The molecule has 4 aliphatic carbocycles. The van der Waals surface area contributed by atoms with Gasteiger partial charge in [0.25, 0.3) is 11.8 Å². The highest BCUT2D eigenvalue weighted by Crippen LogP contribution is 2.67. The van der Waals surface area contributed by atoms with E-state index < -0.39 is 0 Å². The van der Waals surface area contributed by atoms with Gasteiger partial charge in [0.15, 0.2) is 6.54 Å². The van der Waals surface area contributed by atoms with E-state index in [2.05, 4.69) is 40.7 Å². The molecule has 1 aromatic carbocycles. The van der Waals surface area contributed by atoms with Crippen molar-refractivity contribution in [3.63, 3.8) is 0 Å². The van der Waals surface area contributed by atoms with E-state index >= 15 is 0 Å². The number of nitrogens with zero attached hydrogens (tertiary/aromatic N) is 2. The van der Waals surface area contributed by atoms with Gasteiger partial charge in [0, 0.05) is 19.4 Å². The summed E-state index contributed by atoms with van der Waals surface area (Å²) < 4.78 is 6.64. The Morgan fingerprint density at radius 1 is 0.938 bits per heavy atom. The van der Waals surface area contributed by atoms with Crippen LogP contribution in [-0.2, 0) is 9.53 Å². The summed E-state index contributed by atoms with van der Waals surface area (Å²) in [6.45, 7) is 13.8. The van der Waals surface area contributed by atoms with Gasteiger partial charge in [0.05, 0.1) is 31.8 Å². The standard InChI is InChI=1S/C42H63N2O4/c1-28(2)12-10-13-29(3)35-18-19-36-34-17-16-30-26-31(20-22-41(30,4)37(34)21-23-42(35,36)5)48-38(45)27-44(6,7)25-11-24-43-39(46)32-14-8-9-15-33(32)40(43)47/h8-9,14-16,28-29,31,34-37H,10-13,17-27H2,1-7H3/q+1/t29-,31+,34+,35-,36+,37+,41+,42-/m1/s1. The summed E-state index contributed by atoms with van der Waals surface area (Å²) in [6.07, 6.45) is 17.1. The molecule has 264 valence electrons. The fraction of sp³-hybridized carbons (Fsp3) is 0.738. The third-order valence-electron chi connectivity index (χ3n) is 14.1. The van der Waals surface area contributed by atoms with Crippen LogP contribution in [0.1, 0.15) is 132 Å². The Morgan fingerprint density at radius 2 is 1.65 bits per heavy atom. The van der Waals surface area contributed by atoms with Crippen LogP contribution in [0.5, 0.6) is 0 Å². The lowest BCUT2D eigenvalue weighted by molar-refractivity contribution is -0.883. The average molecular weight is 660 g/mol. The fourth-order valence-corrected chi connectivity index (χ4v) is 11.5. The van der Waals surface area contributed by atoms with Crippen LogP contribution in [0.4, 0.5) is 0 Å². The third kappa shape index (κ3) is 6.68. The second-order valence-electron chi connectivity index (χ2n) is 18.1. The molecule has 48 heavy (non-hydrogen) atoms. The second kappa shape index (κ2) is 13.7. The van der Waals surface area contributed by atoms with Gasteiger partial charge in [-0.25, -0.2) is 4.79 Å². The molecule has 0 bridgehead atoms. The van der Waals surface area contributed by atoms with E-state index in [-0.39, 0.29) is 35.8 Å². The number of hydrogen-bond donors (Lipinski definition) is 0. The Hall–Kier alpha value is -2.47. The van der Waals surface area contributed by atoms with Gasteiger partial charge in [-0.05, 0) is 103 Å². The molecule has 3 saturated carbocycles. The van der Waals surface area contributed by atoms with Crippen molar-refractivity contribution in [1.82, 2.24) is 4.90 Å². The van der Waals surface area contributed by atoms with Crippen molar-refractivity contribution in [3.8, 4) is 0 Å². The van der Waals surface area contributed by atoms with Crippen LogP contribution in [0, 0.1) is 46.3 Å². The zero-order valence-electron chi connectivity index (χ0n) is 31.1. The second-order valence-corrected chi connectivity index (χ2v) is 18.1. The SMILES string of the molecule is CC(C)CCC[C@@H](C)[C@H]1CC[C@H]2[C@@H]3CC=C4C[C@@H](OC(=O)C[N+](C)(C)CCCN5C(=O)c6ccccc6C5=O)CC[C@]4(C)[C@H]3CC[C@]12C. The van der Waals surface area contributed by atoms with E-state index in [1.807, 2.05) is 14.1 Å². The number of esters is 1. The first-order valence-electron chi connectivity index (χ1n) is 19.4. The van der Waals surface area contributed by atoms with Crippen LogP contribution < -0.4 is 0 Å². The molecule has 0 N–H and O–H groups in total. The molecule has 6 nitrogen and oxygen atoms in total. The number of rotatable bonds is 12. The maximum atomic E-state index is 13.2. The quantitative estimate of drug-likeness (QED) is 0.0975.